The van der Waals surface area contributed by atoms with E-state index >= 15 is 0 Å². The van der Waals surface area contributed by atoms with E-state index in [1.165, 1.54) is 20.5 Å². The molecule has 2 aromatic rings. The molecular formula is C16H21BrN2S. The number of benzene rings is 1. The minimum atomic E-state index is 0.954. The van der Waals surface area contributed by atoms with Gasteiger partial charge in [-0.1, -0.05) is 31.2 Å². The van der Waals surface area contributed by atoms with Gasteiger partial charge in [0.1, 0.15) is 0 Å². The number of hydrogen-bond acceptors (Lipinski definition) is 3. The van der Waals surface area contributed by atoms with Crippen LogP contribution < -0.4 is 5.32 Å². The lowest BCUT2D eigenvalue weighted by molar-refractivity contribution is 0.322. The van der Waals surface area contributed by atoms with Crippen LogP contribution in [0.3, 0.4) is 0 Å². The van der Waals surface area contributed by atoms with Gasteiger partial charge in [-0.3, -0.25) is 4.90 Å². The number of thiophene rings is 1. The topological polar surface area (TPSA) is 15.3 Å². The van der Waals surface area contributed by atoms with E-state index in [-0.39, 0.29) is 0 Å². The average molecular weight is 353 g/mol. The van der Waals surface area contributed by atoms with Crippen molar-refractivity contribution in [2.24, 2.45) is 0 Å². The first-order valence-electron chi connectivity index (χ1n) is 6.87. The number of hydrogen-bond donors (Lipinski definition) is 1. The molecule has 0 amide bonds. The lowest BCUT2D eigenvalue weighted by atomic mass is 10.1. The summed E-state index contributed by atoms with van der Waals surface area (Å²) in [7, 11) is 2.17. The third-order valence-electron chi connectivity index (χ3n) is 3.10. The molecule has 0 saturated heterocycles. The van der Waals surface area contributed by atoms with Gasteiger partial charge in [0.2, 0.25) is 0 Å². The summed E-state index contributed by atoms with van der Waals surface area (Å²) in [4.78, 5) is 3.74. The lowest BCUT2D eigenvalue weighted by Crippen LogP contribution is -2.16. The van der Waals surface area contributed by atoms with Crippen LogP contribution in [0.15, 0.2) is 40.2 Å². The number of nitrogens with one attached hydrogen (secondary N) is 1. The third-order valence-corrected chi connectivity index (χ3v) is 4.78. The molecule has 0 aliphatic rings. The molecule has 1 heterocycles. The summed E-state index contributed by atoms with van der Waals surface area (Å²) in [5, 5.41) is 5.48. The fraction of sp³-hybridized carbons (Fsp3) is 0.375. The molecule has 0 unspecified atom stereocenters. The van der Waals surface area contributed by atoms with Crippen LogP contribution in [-0.4, -0.2) is 18.5 Å². The summed E-state index contributed by atoms with van der Waals surface area (Å²) in [5.41, 5.74) is 2.71. The largest absolute Gasteiger partial charge is 0.313 e. The summed E-state index contributed by atoms with van der Waals surface area (Å²) >= 11 is 5.31. The first kappa shape index (κ1) is 15.7. The number of nitrogens with zero attached hydrogens (tertiary/aromatic N) is 1. The Kier molecular flexibility index (Phi) is 6.23. The van der Waals surface area contributed by atoms with Gasteiger partial charge in [0.15, 0.2) is 0 Å². The van der Waals surface area contributed by atoms with Crippen LogP contribution in [0.5, 0.6) is 0 Å². The molecule has 0 atom stereocenters. The minimum absolute atomic E-state index is 0.954. The van der Waals surface area contributed by atoms with Gasteiger partial charge in [-0.05, 0) is 46.7 Å². The standard InChI is InChI=1S/C16H21BrN2S/c1-3-18-9-13-4-6-14(7-5-13)10-19(2)11-16-8-15(17)12-20-16/h4-8,12,18H,3,9-11H2,1-2H3. The summed E-state index contributed by atoms with van der Waals surface area (Å²) in [6, 6.07) is 11.1. The van der Waals surface area contributed by atoms with Gasteiger partial charge in [-0.15, -0.1) is 11.3 Å². The van der Waals surface area contributed by atoms with Crippen molar-refractivity contribution in [3.63, 3.8) is 0 Å². The molecule has 20 heavy (non-hydrogen) atoms. The highest BCUT2D eigenvalue weighted by atomic mass is 79.9. The normalized spacial score (nSPS) is 11.2. The van der Waals surface area contributed by atoms with E-state index in [4.69, 9.17) is 0 Å². The summed E-state index contributed by atoms with van der Waals surface area (Å²) in [5.74, 6) is 0. The molecule has 0 bridgehead atoms. The molecule has 4 heteroatoms. The summed E-state index contributed by atoms with van der Waals surface area (Å²) in [6.07, 6.45) is 0. The Balaban J connectivity index is 1.85. The maximum Gasteiger partial charge on any atom is 0.0328 e. The molecule has 0 aliphatic heterocycles. The van der Waals surface area contributed by atoms with Crippen LogP contribution in [0.1, 0.15) is 22.9 Å². The number of halogens is 1. The molecule has 108 valence electrons. The third kappa shape index (κ3) is 5.02. The van der Waals surface area contributed by atoms with Crippen molar-refractivity contribution in [2.45, 2.75) is 26.6 Å². The molecule has 0 spiro atoms. The van der Waals surface area contributed by atoms with Crippen molar-refractivity contribution in [1.82, 2.24) is 10.2 Å². The van der Waals surface area contributed by atoms with Crippen molar-refractivity contribution in [1.29, 1.82) is 0 Å². The lowest BCUT2D eigenvalue weighted by Gasteiger charge is -2.16. The molecule has 1 aromatic carbocycles. The summed E-state index contributed by atoms with van der Waals surface area (Å²) < 4.78 is 1.18. The maximum atomic E-state index is 3.50. The van der Waals surface area contributed by atoms with E-state index < -0.39 is 0 Å². The Morgan fingerprint density at radius 2 is 1.85 bits per heavy atom. The molecule has 1 aromatic heterocycles. The van der Waals surface area contributed by atoms with Crippen LogP contribution >= 0.6 is 27.3 Å². The second kappa shape index (κ2) is 7.93. The van der Waals surface area contributed by atoms with E-state index in [1.54, 1.807) is 11.3 Å². The first-order valence-corrected chi connectivity index (χ1v) is 8.54. The zero-order valence-corrected chi connectivity index (χ0v) is 14.4. The Labute approximate surface area is 133 Å². The Hall–Kier alpha value is -0.680. The molecule has 0 radical (unpaired) electrons. The van der Waals surface area contributed by atoms with E-state index in [9.17, 15) is 0 Å². The highest BCUT2D eigenvalue weighted by Gasteiger charge is 2.04. The van der Waals surface area contributed by atoms with Crippen molar-refractivity contribution in [3.8, 4) is 0 Å². The van der Waals surface area contributed by atoms with E-state index in [0.29, 0.717) is 0 Å². The van der Waals surface area contributed by atoms with E-state index in [2.05, 4.69) is 75.8 Å². The fourth-order valence-corrected chi connectivity index (χ4v) is 3.63. The minimum Gasteiger partial charge on any atom is -0.313 e. The van der Waals surface area contributed by atoms with Gasteiger partial charge in [0.05, 0.1) is 0 Å². The highest BCUT2D eigenvalue weighted by Crippen LogP contribution is 2.21. The smallest absolute Gasteiger partial charge is 0.0328 e. The van der Waals surface area contributed by atoms with Crippen LogP contribution in [0.2, 0.25) is 0 Å². The van der Waals surface area contributed by atoms with Crippen LogP contribution in [0.25, 0.3) is 0 Å². The zero-order chi connectivity index (χ0) is 14.4. The molecule has 0 fully saturated rings. The predicted octanol–water partition coefficient (Wildman–Crippen LogP) is 4.25. The number of rotatable bonds is 7. The SMILES string of the molecule is CCNCc1ccc(CN(C)Cc2cc(Br)cs2)cc1. The van der Waals surface area contributed by atoms with Crippen LogP contribution in [-0.2, 0) is 19.6 Å². The molecule has 2 nitrogen and oxygen atoms in total. The predicted molar refractivity (Wildman–Crippen MR) is 91.0 cm³/mol. The second-order valence-electron chi connectivity index (χ2n) is 5.00. The van der Waals surface area contributed by atoms with Gasteiger partial charge in [-0.25, -0.2) is 0 Å². The fourth-order valence-electron chi connectivity index (χ4n) is 2.10. The quantitative estimate of drug-likeness (QED) is 0.801. The Morgan fingerprint density at radius 3 is 2.45 bits per heavy atom. The van der Waals surface area contributed by atoms with Crippen molar-refractivity contribution in [3.05, 3.63) is 56.2 Å². The first-order chi connectivity index (χ1) is 9.67. The van der Waals surface area contributed by atoms with Gasteiger partial charge < -0.3 is 5.32 Å². The highest BCUT2D eigenvalue weighted by molar-refractivity contribution is 9.10. The average Bonchev–Trinajstić information content (AvgIpc) is 2.83. The summed E-state index contributed by atoms with van der Waals surface area (Å²) in [6.45, 7) is 6.08. The Morgan fingerprint density at radius 1 is 1.15 bits per heavy atom. The van der Waals surface area contributed by atoms with E-state index in [1.807, 2.05) is 0 Å². The molecule has 0 saturated carbocycles. The van der Waals surface area contributed by atoms with Gasteiger partial charge in [-0.2, -0.15) is 0 Å². The zero-order valence-electron chi connectivity index (χ0n) is 12.0. The van der Waals surface area contributed by atoms with E-state index in [0.717, 1.165) is 26.2 Å². The molecular weight excluding hydrogens is 332 g/mol. The van der Waals surface area contributed by atoms with Gasteiger partial charge in [0, 0.05) is 34.4 Å². The van der Waals surface area contributed by atoms with Gasteiger partial charge >= 0.3 is 0 Å². The van der Waals surface area contributed by atoms with Crippen molar-refractivity contribution in [2.75, 3.05) is 13.6 Å². The van der Waals surface area contributed by atoms with Crippen LogP contribution in [0.4, 0.5) is 0 Å². The molecule has 1 N–H and O–H groups in total. The molecule has 2 rings (SSSR count). The van der Waals surface area contributed by atoms with Crippen molar-refractivity contribution < 1.29 is 0 Å². The van der Waals surface area contributed by atoms with Gasteiger partial charge in [0.25, 0.3) is 0 Å². The monoisotopic (exact) mass is 352 g/mol. The van der Waals surface area contributed by atoms with Crippen LogP contribution in [0, 0.1) is 0 Å². The second-order valence-corrected chi connectivity index (χ2v) is 6.91. The molecule has 0 aliphatic carbocycles. The van der Waals surface area contributed by atoms with Crippen molar-refractivity contribution >= 4 is 27.3 Å². The Bertz CT molecular complexity index is 522. The maximum absolute atomic E-state index is 3.50.